The predicted octanol–water partition coefficient (Wildman–Crippen LogP) is 3.77. The van der Waals surface area contributed by atoms with Crippen LogP contribution in [0.25, 0.3) is 0 Å². The molecule has 2 N–H and O–H groups in total. The van der Waals surface area contributed by atoms with Crippen LogP contribution in [0.2, 0.25) is 0 Å². The highest BCUT2D eigenvalue weighted by molar-refractivity contribution is 5.53. The van der Waals surface area contributed by atoms with Gasteiger partial charge in [0.05, 0.1) is 5.69 Å². The summed E-state index contributed by atoms with van der Waals surface area (Å²) in [4.78, 5) is 0. The molecule has 94 valence electrons. The molecule has 0 spiro atoms. The summed E-state index contributed by atoms with van der Waals surface area (Å²) in [5.74, 6) is 0.758. The number of anilines is 1. The van der Waals surface area contributed by atoms with Crippen LogP contribution in [0, 0.1) is 20.8 Å². The second-order valence-corrected chi connectivity index (χ2v) is 4.75. The van der Waals surface area contributed by atoms with Gasteiger partial charge in [0.1, 0.15) is 12.4 Å². The summed E-state index contributed by atoms with van der Waals surface area (Å²) in [5.41, 5.74) is 11.5. The van der Waals surface area contributed by atoms with Gasteiger partial charge >= 0.3 is 0 Å². The average molecular weight is 241 g/mol. The molecule has 0 unspecified atom stereocenters. The third-order valence-electron chi connectivity index (χ3n) is 3.13. The first-order valence-corrected chi connectivity index (χ1v) is 6.11. The minimum Gasteiger partial charge on any atom is -0.487 e. The van der Waals surface area contributed by atoms with Gasteiger partial charge in [-0.1, -0.05) is 24.3 Å². The first kappa shape index (κ1) is 12.5. The monoisotopic (exact) mass is 241 g/mol. The van der Waals surface area contributed by atoms with Crippen LogP contribution < -0.4 is 10.5 Å². The molecular formula is C16H19NO. The Morgan fingerprint density at radius 3 is 2.44 bits per heavy atom. The maximum Gasteiger partial charge on any atom is 0.142 e. The van der Waals surface area contributed by atoms with Crippen LogP contribution in [0.4, 0.5) is 5.69 Å². The van der Waals surface area contributed by atoms with E-state index in [0.717, 1.165) is 11.3 Å². The zero-order chi connectivity index (χ0) is 13.1. The molecule has 2 aromatic carbocycles. The molecular weight excluding hydrogens is 222 g/mol. The van der Waals surface area contributed by atoms with E-state index in [1.165, 1.54) is 16.7 Å². The third-order valence-corrected chi connectivity index (χ3v) is 3.13. The summed E-state index contributed by atoms with van der Waals surface area (Å²) in [6.07, 6.45) is 0. The molecule has 0 bridgehead atoms. The van der Waals surface area contributed by atoms with E-state index in [2.05, 4.69) is 32.0 Å². The fourth-order valence-electron chi connectivity index (χ4n) is 1.82. The van der Waals surface area contributed by atoms with Crippen LogP contribution in [0.1, 0.15) is 22.3 Å². The highest BCUT2D eigenvalue weighted by atomic mass is 16.5. The van der Waals surface area contributed by atoms with Crippen molar-refractivity contribution in [2.45, 2.75) is 27.4 Å². The van der Waals surface area contributed by atoms with Gasteiger partial charge in [0.15, 0.2) is 0 Å². The van der Waals surface area contributed by atoms with E-state index in [1.54, 1.807) is 0 Å². The number of hydrogen-bond acceptors (Lipinski definition) is 2. The summed E-state index contributed by atoms with van der Waals surface area (Å²) in [6.45, 7) is 6.80. The minimum atomic E-state index is 0.550. The van der Waals surface area contributed by atoms with Gasteiger partial charge in [-0.2, -0.15) is 0 Å². The van der Waals surface area contributed by atoms with Crippen molar-refractivity contribution >= 4 is 5.69 Å². The van der Waals surface area contributed by atoms with E-state index < -0.39 is 0 Å². The Hall–Kier alpha value is -1.96. The molecule has 0 amide bonds. The van der Waals surface area contributed by atoms with E-state index >= 15 is 0 Å². The lowest BCUT2D eigenvalue weighted by molar-refractivity contribution is 0.307. The van der Waals surface area contributed by atoms with Crippen LogP contribution in [0.3, 0.4) is 0 Å². The Morgan fingerprint density at radius 1 is 0.944 bits per heavy atom. The Balaban J connectivity index is 2.11. The van der Waals surface area contributed by atoms with Crippen molar-refractivity contribution in [1.82, 2.24) is 0 Å². The molecule has 2 aromatic rings. The average Bonchev–Trinajstić information content (AvgIpc) is 2.34. The normalized spacial score (nSPS) is 10.4. The molecule has 0 radical (unpaired) electrons. The summed E-state index contributed by atoms with van der Waals surface area (Å²) >= 11 is 0. The fraction of sp³-hybridized carbons (Fsp3) is 0.250. The fourth-order valence-corrected chi connectivity index (χ4v) is 1.82. The van der Waals surface area contributed by atoms with E-state index in [-0.39, 0.29) is 0 Å². The van der Waals surface area contributed by atoms with Crippen molar-refractivity contribution in [3.05, 3.63) is 58.7 Å². The molecule has 0 aliphatic rings. The summed E-state index contributed by atoms with van der Waals surface area (Å²) < 4.78 is 5.77. The van der Waals surface area contributed by atoms with Gasteiger partial charge in [-0.25, -0.2) is 0 Å². The van der Waals surface area contributed by atoms with E-state index in [9.17, 15) is 0 Å². The standard InChI is InChI=1S/C16H19NO/c1-11-4-7-15(17)16(8-11)18-10-14-6-5-12(2)13(3)9-14/h4-9H,10,17H2,1-3H3. The Labute approximate surface area is 108 Å². The SMILES string of the molecule is Cc1ccc(N)c(OCc2ccc(C)c(C)c2)c1. The van der Waals surface area contributed by atoms with Crippen molar-refractivity contribution in [2.24, 2.45) is 0 Å². The van der Waals surface area contributed by atoms with Crippen LogP contribution >= 0.6 is 0 Å². The molecule has 0 saturated carbocycles. The molecule has 0 aliphatic heterocycles. The number of rotatable bonds is 3. The molecule has 2 rings (SSSR count). The first-order valence-electron chi connectivity index (χ1n) is 6.11. The van der Waals surface area contributed by atoms with Gasteiger partial charge in [-0.05, 0) is 55.2 Å². The van der Waals surface area contributed by atoms with Crippen LogP contribution in [0.5, 0.6) is 5.75 Å². The summed E-state index contributed by atoms with van der Waals surface area (Å²) in [7, 11) is 0. The number of nitrogens with two attached hydrogens (primary N) is 1. The van der Waals surface area contributed by atoms with Gasteiger partial charge in [0, 0.05) is 0 Å². The molecule has 2 nitrogen and oxygen atoms in total. The molecule has 0 atom stereocenters. The highest BCUT2D eigenvalue weighted by Crippen LogP contribution is 2.23. The molecule has 18 heavy (non-hydrogen) atoms. The van der Waals surface area contributed by atoms with Crippen molar-refractivity contribution in [1.29, 1.82) is 0 Å². The number of hydrogen-bond donors (Lipinski definition) is 1. The maximum absolute atomic E-state index is 5.88. The van der Waals surface area contributed by atoms with E-state index in [1.807, 2.05) is 25.1 Å². The zero-order valence-electron chi connectivity index (χ0n) is 11.2. The van der Waals surface area contributed by atoms with Crippen LogP contribution in [-0.2, 0) is 6.61 Å². The van der Waals surface area contributed by atoms with Crippen LogP contribution in [-0.4, -0.2) is 0 Å². The van der Waals surface area contributed by atoms with Crippen molar-refractivity contribution in [2.75, 3.05) is 5.73 Å². The predicted molar refractivity (Wildman–Crippen MR) is 75.8 cm³/mol. The van der Waals surface area contributed by atoms with Gasteiger partial charge in [-0.15, -0.1) is 0 Å². The van der Waals surface area contributed by atoms with Crippen molar-refractivity contribution < 1.29 is 4.74 Å². The summed E-state index contributed by atoms with van der Waals surface area (Å²) in [6, 6.07) is 12.2. The number of aryl methyl sites for hydroxylation is 3. The zero-order valence-corrected chi connectivity index (χ0v) is 11.2. The lowest BCUT2D eigenvalue weighted by Gasteiger charge is -2.10. The minimum absolute atomic E-state index is 0.550. The molecule has 0 saturated heterocycles. The highest BCUT2D eigenvalue weighted by Gasteiger charge is 2.02. The topological polar surface area (TPSA) is 35.2 Å². The summed E-state index contributed by atoms with van der Waals surface area (Å²) in [5, 5.41) is 0. The smallest absolute Gasteiger partial charge is 0.142 e. The van der Waals surface area contributed by atoms with Crippen molar-refractivity contribution in [3.63, 3.8) is 0 Å². The molecule has 0 aromatic heterocycles. The number of benzene rings is 2. The molecule has 0 fully saturated rings. The molecule has 0 aliphatic carbocycles. The largest absolute Gasteiger partial charge is 0.487 e. The number of ether oxygens (including phenoxy) is 1. The van der Waals surface area contributed by atoms with Gasteiger partial charge in [0.25, 0.3) is 0 Å². The third kappa shape index (κ3) is 2.83. The van der Waals surface area contributed by atoms with Gasteiger partial charge in [-0.3, -0.25) is 0 Å². The van der Waals surface area contributed by atoms with Gasteiger partial charge < -0.3 is 10.5 Å². The first-order chi connectivity index (χ1) is 8.56. The quantitative estimate of drug-likeness (QED) is 0.830. The van der Waals surface area contributed by atoms with Crippen molar-refractivity contribution in [3.8, 4) is 5.75 Å². The molecule has 0 heterocycles. The maximum atomic E-state index is 5.88. The van der Waals surface area contributed by atoms with E-state index in [0.29, 0.717) is 12.3 Å². The van der Waals surface area contributed by atoms with Gasteiger partial charge in [0.2, 0.25) is 0 Å². The van der Waals surface area contributed by atoms with Crippen LogP contribution in [0.15, 0.2) is 36.4 Å². The second-order valence-electron chi connectivity index (χ2n) is 4.75. The Kier molecular flexibility index (Phi) is 3.56. The Bertz CT molecular complexity index is 561. The lowest BCUT2D eigenvalue weighted by Crippen LogP contribution is -1.99. The Morgan fingerprint density at radius 2 is 1.72 bits per heavy atom. The number of nitrogen functional groups attached to an aromatic ring is 1. The molecule has 2 heteroatoms. The van der Waals surface area contributed by atoms with E-state index in [4.69, 9.17) is 10.5 Å². The second kappa shape index (κ2) is 5.13. The lowest BCUT2D eigenvalue weighted by atomic mass is 10.1.